The third-order valence-electron chi connectivity index (χ3n) is 3.73. The van der Waals surface area contributed by atoms with Crippen molar-refractivity contribution in [2.45, 2.75) is 19.8 Å². The number of carbonyl (C=O) groups excluding carboxylic acids is 1. The highest BCUT2D eigenvalue weighted by atomic mass is 16.5. The van der Waals surface area contributed by atoms with Crippen LogP contribution in [0.25, 0.3) is 0 Å². The lowest BCUT2D eigenvalue weighted by molar-refractivity contribution is 0.0526. The van der Waals surface area contributed by atoms with Crippen molar-refractivity contribution in [1.82, 2.24) is 9.97 Å². The van der Waals surface area contributed by atoms with Crippen LogP contribution in [0.3, 0.4) is 0 Å². The summed E-state index contributed by atoms with van der Waals surface area (Å²) in [5.41, 5.74) is 0.367. The van der Waals surface area contributed by atoms with Gasteiger partial charge in [-0.2, -0.15) is 4.98 Å². The first-order valence-corrected chi connectivity index (χ1v) is 7.64. The molecule has 0 aliphatic carbocycles. The molecule has 0 spiro atoms. The van der Waals surface area contributed by atoms with E-state index in [0.717, 1.165) is 25.9 Å². The Morgan fingerprint density at radius 2 is 2.32 bits per heavy atom. The molecule has 1 fully saturated rings. The number of piperidine rings is 1. The van der Waals surface area contributed by atoms with E-state index in [4.69, 9.17) is 4.74 Å². The van der Waals surface area contributed by atoms with E-state index in [-0.39, 0.29) is 12.5 Å². The number of aliphatic hydroxyl groups excluding tert-OH is 1. The molecule has 1 atom stereocenters. The molecule has 1 aromatic heterocycles. The summed E-state index contributed by atoms with van der Waals surface area (Å²) in [5.74, 6) is 0.985. The number of hydrogen-bond acceptors (Lipinski definition) is 7. The number of rotatable bonds is 5. The number of aliphatic hydroxyl groups is 1. The van der Waals surface area contributed by atoms with Crippen LogP contribution in [0, 0.1) is 5.92 Å². The van der Waals surface area contributed by atoms with Crippen molar-refractivity contribution in [3.05, 3.63) is 11.8 Å². The van der Waals surface area contributed by atoms with Gasteiger partial charge >= 0.3 is 5.97 Å². The SMILES string of the molecule is CCOC(=O)c1cnc(N2CCCC(CO)C2)nc1N(C)C. The molecule has 0 bridgehead atoms. The number of esters is 1. The molecule has 1 unspecified atom stereocenters. The Balaban J connectivity index is 2.27. The standard InChI is InChI=1S/C15H24N4O3/c1-4-22-14(21)12-8-16-15(17-13(12)18(2)3)19-7-5-6-11(9-19)10-20/h8,11,20H,4-7,9-10H2,1-3H3. The second-order valence-corrected chi connectivity index (χ2v) is 5.66. The van der Waals surface area contributed by atoms with E-state index in [1.165, 1.54) is 6.20 Å². The fourth-order valence-electron chi connectivity index (χ4n) is 2.61. The van der Waals surface area contributed by atoms with Crippen LogP contribution in [0.4, 0.5) is 11.8 Å². The molecule has 122 valence electrons. The van der Waals surface area contributed by atoms with Crippen molar-refractivity contribution in [2.24, 2.45) is 5.92 Å². The van der Waals surface area contributed by atoms with Crippen LogP contribution in [0.5, 0.6) is 0 Å². The van der Waals surface area contributed by atoms with E-state index >= 15 is 0 Å². The van der Waals surface area contributed by atoms with Gasteiger partial charge in [0, 0.05) is 40.0 Å². The van der Waals surface area contributed by atoms with E-state index in [1.54, 1.807) is 11.8 Å². The Hall–Kier alpha value is -1.89. The van der Waals surface area contributed by atoms with Gasteiger partial charge in [0.25, 0.3) is 0 Å². The summed E-state index contributed by atoms with van der Waals surface area (Å²) in [4.78, 5) is 24.7. The predicted molar refractivity (Wildman–Crippen MR) is 84.3 cm³/mol. The first kappa shape index (κ1) is 16.5. The van der Waals surface area contributed by atoms with Gasteiger partial charge in [0.05, 0.1) is 6.61 Å². The average Bonchev–Trinajstić information content (AvgIpc) is 2.54. The molecule has 0 aromatic carbocycles. The van der Waals surface area contributed by atoms with Gasteiger partial charge in [-0.15, -0.1) is 0 Å². The van der Waals surface area contributed by atoms with Crippen molar-refractivity contribution in [1.29, 1.82) is 0 Å². The Labute approximate surface area is 130 Å². The van der Waals surface area contributed by atoms with Crippen molar-refractivity contribution >= 4 is 17.7 Å². The Bertz CT molecular complexity index is 522. The van der Waals surface area contributed by atoms with Crippen LogP contribution in [-0.4, -0.2) is 61.4 Å². The van der Waals surface area contributed by atoms with Gasteiger partial charge in [-0.25, -0.2) is 9.78 Å². The summed E-state index contributed by atoms with van der Waals surface area (Å²) in [6.07, 6.45) is 3.55. The number of carbonyl (C=O) groups is 1. The highest BCUT2D eigenvalue weighted by Crippen LogP contribution is 2.24. The summed E-state index contributed by atoms with van der Waals surface area (Å²) in [5, 5.41) is 9.34. The minimum Gasteiger partial charge on any atom is -0.462 e. The molecule has 1 aromatic rings. The first-order valence-electron chi connectivity index (χ1n) is 7.64. The van der Waals surface area contributed by atoms with Crippen LogP contribution in [0.2, 0.25) is 0 Å². The van der Waals surface area contributed by atoms with Gasteiger partial charge < -0.3 is 19.6 Å². The summed E-state index contributed by atoms with van der Waals surface area (Å²) >= 11 is 0. The van der Waals surface area contributed by atoms with Crippen molar-refractivity contribution in [3.8, 4) is 0 Å². The maximum Gasteiger partial charge on any atom is 0.343 e. The average molecular weight is 308 g/mol. The van der Waals surface area contributed by atoms with Crippen LogP contribution in [0.15, 0.2) is 6.20 Å². The highest BCUT2D eigenvalue weighted by molar-refractivity contribution is 5.94. The molecular formula is C15H24N4O3. The van der Waals surface area contributed by atoms with Gasteiger partial charge in [-0.1, -0.05) is 0 Å². The van der Waals surface area contributed by atoms with E-state index in [1.807, 2.05) is 14.1 Å². The fraction of sp³-hybridized carbons (Fsp3) is 0.667. The molecule has 22 heavy (non-hydrogen) atoms. The molecule has 2 heterocycles. The van der Waals surface area contributed by atoms with Gasteiger partial charge in [-0.3, -0.25) is 0 Å². The third kappa shape index (κ3) is 3.65. The van der Waals surface area contributed by atoms with Crippen LogP contribution < -0.4 is 9.80 Å². The molecule has 7 nitrogen and oxygen atoms in total. The van der Waals surface area contributed by atoms with Crippen molar-refractivity contribution < 1.29 is 14.6 Å². The largest absolute Gasteiger partial charge is 0.462 e. The normalized spacial score (nSPS) is 18.2. The quantitative estimate of drug-likeness (QED) is 0.811. The van der Waals surface area contributed by atoms with Gasteiger partial charge in [0.2, 0.25) is 5.95 Å². The van der Waals surface area contributed by atoms with Crippen LogP contribution >= 0.6 is 0 Å². The number of aromatic nitrogens is 2. The first-order chi connectivity index (χ1) is 10.6. The van der Waals surface area contributed by atoms with E-state index in [0.29, 0.717) is 23.9 Å². The number of hydrogen-bond donors (Lipinski definition) is 1. The van der Waals surface area contributed by atoms with E-state index in [9.17, 15) is 9.90 Å². The second-order valence-electron chi connectivity index (χ2n) is 5.66. The molecular weight excluding hydrogens is 284 g/mol. The smallest absolute Gasteiger partial charge is 0.343 e. The predicted octanol–water partition coefficient (Wildman–Crippen LogP) is 0.928. The lowest BCUT2D eigenvalue weighted by atomic mass is 9.99. The van der Waals surface area contributed by atoms with Crippen LogP contribution in [-0.2, 0) is 4.74 Å². The molecule has 1 aliphatic rings. The lowest BCUT2D eigenvalue weighted by Crippen LogP contribution is -2.38. The second kappa shape index (κ2) is 7.40. The molecule has 1 aliphatic heterocycles. The van der Waals surface area contributed by atoms with Gasteiger partial charge in [-0.05, 0) is 25.7 Å². The zero-order valence-electron chi connectivity index (χ0n) is 13.4. The Kier molecular flexibility index (Phi) is 5.54. The monoisotopic (exact) mass is 308 g/mol. The van der Waals surface area contributed by atoms with Crippen molar-refractivity contribution in [3.63, 3.8) is 0 Å². The molecule has 0 radical (unpaired) electrons. The summed E-state index contributed by atoms with van der Waals surface area (Å²) in [6, 6.07) is 0. The zero-order valence-corrected chi connectivity index (χ0v) is 13.4. The maximum atomic E-state index is 12.0. The van der Waals surface area contributed by atoms with Crippen LogP contribution in [0.1, 0.15) is 30.1 Å². The maximum absolute atomic E-state index is 12.0. The van der Waals surface area contributed by atoms with Crippen molar-refractivity contribution in [2.75, 3.05) is 50.2 Å². The molecule has 0 amide bonds. The number of ether oxygens (including phenoxy) is 1. The Morgan fingerprint density at radius 3 is 2.95 bits per heavy atom. The molecule has 1 saturated heterocycles. The topological polar surface area (TPSA) is 78.8 Å². The summed E-state index contributed by atoms with van der Waals surface area (Å²) in [7, 11) is 3.67. The molecule has 7 heteroatoms. The van der Waals surface area contributed by atoms with E-state index in [2.05, 4.69) is 14.9 Å². The minimum atomic E-state index is -0.412. The van der Waals surface area contributed by atoms with Gasteiger partial charge in [0.1, 0.15) is 11.4 Å². The molecule has 2 rings (SSSR count). The highest BCUT2D eigenvalue weighted by Gasteiger charge is 2.24. The third-order valence-corrected chi connectivity index (χ3v) is 3.73. The summed E-state index contributed by atoms with van der Waals surface area (Å²) < 4.78 is 5.05. The summed E-state index contributed by atoms with van der Waals surface area (Å²) in [6.45, 7) is 3.87. The number of anilines is 2. The Morgan fingerprint density at radius 1 is 1.55 bits per heavy atom. The van der Waals surface area contributed by atoms with Gasteiger partial charge in [0.15, 0.2) is 0 Å². The zero-order chi connectivity index (χ0) is 16.1. The number of nitrogens with zero attached hydrogens (tertiary/aromatic N) is 4. The van der Waals surface area contributed by atoms with E-state index < -0.39 is 5.97 Å². The molecule has 1 N–H and O–H groups in total. The fourth-order valence-corrected chi connectivity index (χ4v) is 2.61. The molecule has 0 saturated carbocycles. The minimum absolute atomic E-state index is 0.179. The lowest BCUT2D eigenvalue weighted by Gasteiger charge is -2.32.